The molecule has 0 aromatic heterocycles. The predicted octanol–water partition coefficient (Wildman–Crippen LogP) is 2.29. The third kappa shape index (κ3) is 3.85. The fourth-order valence-corrected chi connectivity index (χ4v) is 3.11. The van der Waals surface area contributed by atoms with E-state index in [0.29, 0.717) is 11.3 Å². The van der Waals surface area contributed by atoms with Crippen LogP contribution in [0, 0.1) is 6.92 Å². The number of amides is 1. The highest BCUT2D eigenvalue weighted by Crippen LogP contribution is 2.21. The van der Waals surface area contributed by atoms with E-state index < -0.39 is 9.84 Å². The van der Waals surface area contributed by atoms with Crippen LogP contribution in [0.15, 0.2) is 47.4 Å². The molecule has 2 aromatic carbocycles. The number of sulfone groups is 1. The highest BCUT2D eigenvalue weighted by atomic mass is 32.2. The van der Waals surface area contributed by atoms with Crippen molar-refractivity contribution in [3.63, 3.8) is 0 Å². The van der Waals surface area contributed by atoms with Gasteiger partial charge in [-0.15, -0.1) is 0 Å². The number of carbonyl (C=O) groups excluding carboxylic acids is 1. The molecule has 116 valence electrons. The Balaban J connectivity index is 2.20. The summed E-state index contributed by atoms with van der Waals surface area (Å²) in [6.45, 7) is 1.76. The monoisotopic (exact) mass is 319 g/mol. The molecular weight excluding hydrogens is 302 g/mol. The lowest BCUT2D eigenvalue weighted by atomic mass is 10.1. The molecule has 0 bridgehead atoms. The molecule has 0 radical (unpaired) electrons. The van der Waals surface area contributed by atoms with E-state index in [2.05, 4.69) is 5.32 Å². The Morgan fingerprint density at radius 1 is 1.18 bits per heavy atom. The zero-order valence-corrected chi connectivity index (χ0v) is 13.1. The van der Waals surface area contributed by atoms with Gasteiger partial charge in [-0.2, -0.15) is 0 Å². The van der Waals surface area contributed by atoms with E-state index in [0.717, 1.165) is 11.8 Å². The molecular formula is C16H17NO4S. The predicted molar refractivity (Wildman–Crippen MR) is 84.7 cm³/mol. The summed E-state index contributed by atoms with van der Waals surface area (Å²) < 4.78 is 23.5. The fraction of sp³-hybridized carbons (Fsp3) is 0.188. The molecule has 5 nitrogen and oxygen atoms in total. The molecule has 0 fully saturated rings. The number of hydrogen-bond acceptors (Lipinski definition) is 4. The van der Waals surface area contributed by atoms with Crippen LogP contribution in [0.3, 0.4) is 0 Å². The molecule has 1 amide bonds. The quantitative estimate of drug-likeness (QED) is 0.847. The van der Waals surface area contributed by atoms with E-state index in [1.165, 1.54) is 12.1 Å². The Labute approximate surface area is 129 Å². The molecule has 0 heterocycles. The molecule has 6 heteroatoms. The molecule has 22 heavy (non-hydrogen) atoms. The van der Waals surface area contributed by atoms with E-state index in [1.807, 2.05) is 0 Å². The van der Waals surface area contributed by atoms with Crippen LogP contribution in [0.1, 0.15) is 11.1 Å². The van der Waals surface area contributed by atoms with Crippen molar-refractivity contribution in [2.24, 2.45) is 0 Å². The standard InChI is InChI=1S/C16H17NO4S/c1-11-9-13(18)7-8-14(11)17-16(19)10-12-5-3-4-6-15(12)22(2,20)21/h3-9,18H,10H2,1-2H3,(H,17,19). The highest BCUT2D eigenvalue weighted by molar-refractivity contribution is 7.90. The molecule has 0 aliphatic rings. The Kier molecular flexibility index (Phi) is 4.51. The van der Waals surface area contributed by atoms with Crippen LogP contribution in [-0.4, -0.2) is 25.7 Å². The van der Waals surface area contributed by atoms with Crippen molar-refractivity contribution < 1.29 is 18.3 Å². The third-order valence-electron chi connectivity index (χ3n) is 3.21. The summed E-state index contributed by atoms with van der Waals surface area (Å²) in [7, 11) is -3.38. The van der Waals surface area contributed by atoms with Crippen molar-refractivity contribution in [1.82, 2.24) is 0 Å². The molecule has 0 unspecified atom stereocenters. The summed E-state index contributed by atoms with van der Waals surface area (Å²) in [4.78, 5) is 12.3. The maximum absolute atomic E-state index is 12.1. The number of aryl methyl sites for hydroxylation is 1. The fourth-order valence-electron chi connectivity index (χ4n) is 2.17. The normalized spacial score (nSPS) is 11.2. The van der Waals surface area contributed by atoms with E-state index >= 15 is 0 Å². The number of nitrogens with one attached hydrogen (secondary N) is 1. The molecule has 0 saturated heterocycles. The first-order valence-electron chi connectivity index (χ1n) is 6.65. The Bertz CT molecular complexity index is 813. The number of phenols is 1. The van der Waals surface area contributed by atoms with Crippen LogP contribution in [-0.2, 0) is 21.1 Å². The Morgan fingerprint density at radius 2 is 1.86 bits per heavy atom. The first-order valence-corrected chi connectivity index (χ1v) is 8.54. The topological polar surface area (TPSA) is 83.5 Å². The van der Waals surface area contributed by atoms with Gasteiger partial charge in [0.25, 0.3) is 0 Å². The van der Waals surface area contributed by atoms with Gasteiger partial charge in [0.05, 0.1) is 11.3 Å². The number of carbonyl (C=O) groups is 1. The van der Waals surface area contributed by atoms with Crippen LogP contribution < -0.4 is 5.32 Å². The Morgan fingerprint density at radius 3 is 2.50 bits per heavy atom. The van der Waals surface area contributed by atoms with Crippen molar-refractivity contribution >= 4 is 21.4 Å². The van der Waals surface area contributed by atoms with Gasteiger partial charge in [0, 0.05) is 11.9 Å². The van der Waals surface area contributed by atoms with Gasteiger partial charge >= 0.3 is 0 Å². The van der Waals surface area contributed by atoms with Crippen molar-refractivity contribution in [3.8, 4) is 5.75 Å². The van der Waals surface area contributed by atoms with Gasteiger partial charge in [-0.1, -0.05) is 18.2 Å². The first-order chi connectivity index (χ1) is 10.3. The average molecular weight is 319 g/mol. The lowest BCUT2D eigenvalue weighted by Crippen LogP contribution is -2.16. The highest BCUT2D eigenvalue weighted by Gasteiger charge is 2.15. The number of phenolic OH excluding ortho intramolecular Hbond substituents is 1. The lowest BCUT2D eigenvalue weighted by Gasteiger charge is -2.10. The van der Waals surface area contributed by atoms with Crippen LogP contribution in [0.2, 0.25) is 0 Å². The summed E-state index contributed by atoms with van der Waals surface area (Å²) in [5, 5.41) is 12.1. The molecule has 0 saturated carbocycles. The van der Waals surface area contributed by atoms with Crippen LogP contribution in [0.5, 0.6) is 5.75 Å². The van der Waals surface area contributed by atoms with Crippen molar-refractivity contribution in [3.05, 3.63) is 53.6 Å². The van der Waals surface area contributed by atoms with Crippen LogP contribution in [0.25, 0.3) is 0 Å². The van der Waals surface area contributed by atoms with E-state index in [1.54, 1.807) is 37.3 Å². The SMILES string of the molecule is Cc1cc(O)ccc1NC(=O)Cc1ccccc1S(C)(=O)=O. The summed E-state index contributed by atoms with van der Waals surface area (Å²) in [6.07, 6.45) is 1.08. The zero-order valence-electron chi connectivity index (χ0n) is 12.3. The molecule has 0 atom stereocenters. The van der Waals surface area contributed by atoms with Crippen LogP contribution >= 0.6 is 0 Å². The number of aromatic hydroxyl groups is 1. The molecule has 2 aromatic rings. The van der Waals surface area contributed by atoms with E-state index in [9.17, 15) is 18.3 Å². The summed E-state index contributed by atoms with van der Waals surface area (Å²) in [5.41, 5.74) is 1.77. The van der Waals surface area contributed by atoms with E-state index in [4.69, 9.17) is 0 Å². The maximum Gasteiger partial charge on any atom is 0.228 e. The second kappa shape index (κ2) is 6.19. The smallest absolute Gasteiger partial charge is 0.228 e. The molecule has 0 aliphatic carbocycles. The summed E-state index contributed by atoms with van der Waals surface area (Å²) in [6, 6.07) is 11.1. The molecule has 2 rings (SSSR count). The molecule has 2 N–H and O–H groups in total. The number of hydrogen-bond donors (Lipinski definition) is 2. The summed E-state index contributed by atoms with van der Waals surface area (Å²) >= 11 is 0. The minimum atomic E-state index is -3.38. The number of benzene rings is 2. The lowest BCUT2D eigenvalue weighted by molar-refractivity contribution is -0.115. The van der Waals surface area contributed by atoms with Gasteiger partial charge in [-0.05, 0) is 42.3 Å². The molecule has 0 spiro atoms. The summed E-state index contributed by atoms with van der Waals surface area (Å²) in [5.74, 6) is -0.192. The minimum Gasteiger partial charge on any atom is -0.508 e. The first kappa shape index (κ1) is 16.0. The van der Waals surface area contributed by atoms with Crippen molar-refractivity contribution in [1.29, 1.82) is 0 Å². The number of rotatable bonds is 4. The average Bonchev–Trinajstić information content (AvgIpc) is 2.41. The minimum absolute atomic E-state index is 0.0381. The third-order valence-corrected chi connectivity index (χ3v) is 4.40. The number of anilines is 1. The van der Waals surface area contributed by atoms with E-state index in [-0.39, 0.29) is 23.0 Å². The van der Waals surface area contributed by atoms with Crippen LogP contribution in [0.4, 0.5) is 5.69 Å². The van der Waals surface area contributed by atoms with Gasteiger partial charge in [-0.3, -0.25) is 4.79 Å². The van der Waals surface area contributed by atoms with Gasteiger partial charge in [-0.25, -0.2) is 8.42 Å². The molecule has 0 aliphatic heterocycles. The second-order valence-electron chi connectivity index (χ2n) is 5.10. The largest absolute Gasteiger partial charge is 0.508 e. The van der Waals surface area contributed by atoms with Gasteiger partial charge in [0.1, 0.15) is 5.75 Å². The van der Waals surface area contributed by atoms with Gasteiger partial charge in [0.15, 0.2) is 9.84 Å². The zero-order chi connectivity index (χ0) is 16.3. The van der Waals surface area contributed by atoms with Gasteiger partial charge < -0.3 is 10.4 Å². The second-order valence-corrected chi connectivity index (χ2v) is 7.09. The van der Waals surface area contributed by atoms with Gasteiger partial charge in [0.2, 0.25) is 5.91 Å². The maximum atomic E-state index is 12.1. The van der Waals surface area contributed by atoms with Crippen molar-refractivity contribution in [2.45, 2.75) is 18.2 Å². The Hall–Kier alpha value is -2.34. The van der Waals surface area contributed by atoms with Crippen molar-refractivity contribution in [2.75, 3.05) is 11.6 Å².